The lowest BCUT2D eigenvalue weighted by Gasteiger charge is -2.15. The van der Waals surface area contributed by atoms with Crippen molar-refractivity contribution in [3.63, 3.8) is 0 Å². The molecule has 1 heterocycles. The van der Waals surface area contributed by atoms with Crippen molar-refractivity contribution in [2.75, 3.05) is 14.2 Å². The summed E-state index contributed by atoms with van der Waals surface area (Å²) in [7, 11) is 2.23. The molecule has 0 saturated heterocycles. The lowest BCUT2D eigenvalue weighted by molar-refractivity contribution is -0.275. The lowest BCUT2D eigenvalue weighted by Crippen LogP contribution is -2.19. The van der Waals surface area contributed by atoms with Crippen LogP contribution in [0.2, 0.25) is 0 Å². The van der Waals surface area contributed by atoms with Crippen molar-refractivity contribution in [1.29, 1.82) is 0 Å². The van der Waals surface area contributed by atoms with Gasteiger partial charge in [0.1, 0.15) is 5.69 Å². The summed E-state index contributed by atoms with van der Waals surface area (Å²) in [4.78, 5) is 14.9. The first-order valence-electron chi connectivity index (χ1n) is 4.80. The van der Waals surface area contributed by atoms with Gasteiger partial charge in [-0.25, -0.2) is 9.78 Å². The fraction of sp³-hybridized carbons (Fsp3) is 0.400. The highest BCUT2D eigenvalue weighted by molar-refractivity contribution is 6.17. The van der Waals surface area contributed by atoms with E-state index in [2.05, 4.69) is 14.5 Å². The van der Waals surface area contributed by atoms with Crippen LogP contribution in [0, 0.1) is 0 Å². The number of hydrogen-bond acceptors (Lipinski definition) is 5. The number of methoxy groups -OCH3 is 2. The van der Waals surface area contributed by atoms with Gasteiger partial charge in [0.2, 0.25) is 0 Å². The Bertz CT molecular complexity index is 453. The van der Waals surface area contributed by atoms with Gasteiger partial charge in [-0.2, -0.15) is 0 Å². The van der Waals surface area contributed by atoms with E-state index < -0.39 is 24.0 Å². The molecule has 5 nitrogen and oxygen atoms in total. The highest BCUT2D eigenvalue weighted by Crippen LogP contribution is 2.36. The van der Waals surface area contributed by atoms with Gasteiger partial charge < -0.3 is 14.2 Å². The van der Waals surface area contributed by atoms with E-state index in [1.165, 1.54) is 0 Å². The molecular weight excluding hydrogens is 291 g/mol. The zero-order valence-electron chi connectivity index (χ0n) is 9.88. The number of ether oxygens (including phenoxy) is 3. The number of rotatable bonds is 4. The molecule has 0 aliphatic heterocycles. The highest BCUT2D eigenvalue weighted by atomic mass is 35.5. The normalized spacial score (nSPS) is 11.1. The highest BCUT2D eigenvalue weighted by Gasteiger charge is 2.34. The third-order valence-corrected chi connectivity index (χ3v) is 2.22. The second kappa shape index (κ2) is 5.96. The van der Waals surface area contributed by atoms with Gasteiger partial charge in [0, 0.05) is 6.07 Å². The smallest absolute Gasteiger partial charge is 0.493 e. The van der Waals surface area contributed by atoms with Crippen LogP contribution >= 0.6 is 11.6 Å². The number of pyridine rings is 1. The molecule has 106 valence electrons. The van der Waals surface area contributed by atoms with Gasteiger partial charge in [0.25, 0.3) is 0 Å². The maximum Gasteiger partial charge on any atom is 0.573 e. The number of halogens is 4. The average Bonchev–Trinajstić information content (AvgIpc) is 2.36. The summed E-state index contributed by atoms with van der Waals surface area (Å²) < 4.78 is 49.7. The maximum absolute atomic E-state index is 12.3. The summed E-state index contributed by atoms with van der Waals surface area (Å²) in [5.41, 5.74) is -0.511. The van der Waals surface area contributed by atoms with E-state index in [0.717, 1.165) is 20.3 Å². The van der Waals surface area contributed by atoms with Crippen LogP contribution in [0.1, 0.15) is 16.2 Å². The fourth-order valence-electron chi connectivity index (χ4n) is 1.24. The molecule has 0 saturated carbocycles. The second-order valence-electron chi connectivity index (χ2n) is 3.16. The minimum Gasteiger partial charge on any atom is -0.493 e. The van der Waals surface area contributed by atoms with Gasteiger partial charge in [-0.05, 0) is 0 Å². The van der Waals surface area contributed by atoms with Crippen LogP contribution in [0.15, 0.2) is 6.07 Å². The molecular formula is C10H9ClF3NO4. The van der Waals surface area contributed by atoms with Crippen LogP contribution in [-0.2, 0) is 10.6 Å². The second-order valence-corrected chi connectivity index (χ2v) is 3.43. The number of carbonyl (C=O) groups excluding carboxylic acids is 1. The number of aromatic nitrogens is 1. The van der Waals surface area contributed by atoms with Crippen molar-refractivity contribution < 1.29 is 32.2 Å². The Balaban J connectivity index is 3.33. The van der Waals surface area contributed by atoms with Gasteiger partial charge in [-0.15, -0.1) is 24.8 Å². The lowest BCUT2D eigenvalue weighted by atomic mass is 10.2. The number of esters is 1. The summed E-state index contributed by atoms with van der Waals surface area (Å²) >= 11 is 5.49. The average molecular weight is 300 g/mol. The molecule has 0 radical (unpaired) electrons. The Labute approximate surface area is 111 Å². The molecule has 0 bridgehead atoms. The predicted octanol–water partition coefficient (Wildman–Crippen LogP) is 2.51. The molecule has 0 aliphatic carbocycles. The van der Waals surface area contributed by atoms with Gasteiger partial charge in [-0.3, -0.25) is 0 Å². The van der Waals surface area contributed by atoms with Crippen molar-refractivity contribution in [2.45, 2.75) is 12.2 Å². The molecule has 0 N–H and O–H groups in total. The van der Waals surface area contributed by atoms with Crippen LogP contribution in [0.3, 0.4) is 0 Å². The first kappa shape index (κ1) is 15.4. The van der Waals surface area contributed by atoms with E-state index in [1.54, 1.807) is 0 Å². The Hall–Kier alpha value is -1.70. The first-order valence-corrected chi connectivity index (χ1v) is 5.33. The summed E-state index contributed by atoms with van der Waals surface area (Å²) in [5.74, 6) is -2.23. The van der Waals surface area contributed by atoms with Crippen molar-refractivity contribution in [3.8, 4) is 11.5 Å². The zero-order chi connectivity index (χ0) is 14.6. The van der Waals surface area contributed by atoms with E-state index in [4.69, 9.17) is 16.3 Å². The fourth-order valence-corrected chi connectivity index (χ4v) is 1.42. The first-order chi connectivity index (χ1) is 8.82. The number of carbonyl (C=O) groups is 1. The molecule has 0 aromatic carbocycles. The van der Waals surface area contributed by atoms with Crippen molar-refractivity contribution in [3.05, 3.63) is 17.5 Å². The van der Waals surface area contributed by atoms with Crippen LogP contribution in [0.4, 0.5) is 13.2 Å². The Kier molecular flexibility index (Phi) is 4.82. The summed E-state index contributed by atoms with van der Waals surface area (Å²) in [5, 5.41) is 0. The molecule has 0 unspecified atom stereocenters. The summed E-state index contributed by atoms with van der Waals surface area (Å²) in [6.07, 6.45) is -4.93. The van der Waals surface area contributed by atoms with E-state index in [1.807, 2.05) is 0 Å². The Morgan fingerprint density at radius 2 is 2.05 bits per heavy atom. The van der Waals surface area contributed by atoms with E-state index in [9.17, 15) is 18.0 Å². The summed E-state index contributed by atoms with van der Waals surface area (Å²) in [6, 6.07) is 0.975. The Morgan fingerprint density at radius 3 is 2.47 bits per heavy atom. The van der Waals surface area contributed by atoms with E-state index >= 15 is 0 Å². The molecule has 1 aromatic heterocycles. The number of alkyl halides is 4. The molecule has 0 amide bonds. The SMILES string of the molecule is COC(=O)c1cc(OC)c(OC(F)(F)F)c(CCl)n1. The van der Waals surface area contributed by atoms with E-state index in [0.29, 0.717) is 0 Å². The minimum atomic E-state index is -4.93. The largest absolute Gasteiger partial charge is 0.573 e. The number of hydrogen-bond donors (Lipinski definition) is 0. The van der Waals surface area contributed by atoms with Crippen molar-refractivity contribution in [1.82, 2.24) is 4.98 Å². The molecule has 1 rings (SSSR count). The topological polar surface area (TPSA) is 57.7 Å². The van der Waals surface area contributed by atoms with Gasteiger partial charge in [0.05, 0.1) is 20.1 Å². The van der Waals surface area contributed by atoms with Crippen molar-refractivity contribution >= 4 is 17.6 Å². The standard InChI is InChI=1S/C10H9ClF3NO4/c1-17-7-3-5(9(16)18-2)15-6(4-11)8(7)19-10(12,13)14/h3H,4H2,1-2H3. The zero-order valence-corrected chi connectivity index (χ0v) is 10.6. The maximum atomic E-state index is 12.3. The van der Waals surface area contributed by atoms with Gasteiger partial charge >= 0.3 is 12.3 Å². The van der Waals surface area contributed by atoms with Crippen LogP contribution in [0.25, 0.3) is 0 Å². The molecule has 0 spiro atoms. The number of nitrogens with zero attached hydrogens (tertiary/aromatic N) is 1. The quantitative estimate of drug-likeness (QED) is 0.631. The van der Waals surface area contributed by atoms with Crippen molar-refractivity contribution in [2.24, 2.45) is 0 Å². The monoisotopic (exact) mass is 299 g/mol. The molecule has 9 heteroatoms. The molecule has 19 heavy (non-hydrogen) atoms. The van der Waals surface area contributed by atoms with Gasteiger partial charge in [-0.1, -0.05) is 0 Å². The van der Waals surface area contributed by atoms with Gasteiger partial charge in [0.15, 0.2) is 17.2 Å². The Morgan fingerprint density at radius 1 is 1.42 bits per heavy atom. The molecule has 0 atom stereocenters. The third-order valence-electron chi connectivity index (χ3n) is 1.97. The molecule has 0 fully saturated rings. The third kappa shape index (κ3) is 3.88. The predicted molar refractivity (Wildman–Crippen MR) is 58.4 cm³/mol. The van der Waals surface area contributed by atoms with Crippen LogP contribution in [0.5, 0.6) is 11.5 Å². The minimum absolute atomic E-state index is 0.232. The molecule has 1 aromatic rings. The van der Waals surface area contributed by atoms with E-state index in [-0.39, 0.29) is 17.1 Å². The van der Waals surface area contributed by atoms with Crippen LogP contribution < -0.4 is 9.47 Å². The summed E-state index contributed by atoms with van der Waals surface area (Å²) in [6.45, 7) is 0. The van der Waals surface area contributed by atoms with Crippen LogP contribution in [-0.4, -0.2) is 31.5 Å². The molecule has 0 aliphatic rings.